The lowest BCUT2D eigenvalue weighted by atomic mass is 9.93. The minimum absolute atomic E-state index is 0.245. The van der Waals surface area contributed by atoms with Gasteiger partial charge in [0.25, 0.3) is 0 Å². The summed E-state index contributed by atoms with van der Waals surface area (Å²) in [5, 5.41) is 19.9. The monoisotopic (exact) mass is 279 g/mol. The lowest BCUT2D eigenvalue weighted by Crippen LogP contribution is -2.40. The van der Waals surface area contributed by atoms with E-state index in [1.54, 1.807) is 0 Å². The van der Waals surface area contributed by atoms with Gasteiger partial charge in [0.15, 0.2) is 0 Å². The summed E-state index contributed by atoms with van der Waals surface area (Å²) in [6, 6.07) is 1.54. The Labute approximate surface area is 116 Å². The largest absolute Gasteiger partial charge is 0.477 e. The summed E-state index contributed by atoms with van der Waals surface area (Å²) in [5.41, 5.74) is -0.787. The number of carboxylic acids is 1. The molecule has 7 heteroatoms. The van der Waals surface area contributed by atoms with Crippen LogP contribution in [0.25, 0.3) is 0 Å². The van der Waals surface area contributed by atoms with E-state index in [4.69, 9.17) is 5.11 Å². The van der Waals surface area contributed by atoms with Gasteiger partial charge in [-0.05, 0) is 25.7 Å². The van der Waals surface area contributed by atoms with E-state index in [9.17, 15) is 14.9 Å². The minimum Gasteiger partial charge on any atom is -0.477 e. The quantitative estimate of drug-likeness (QED) is 0.673. The van der Waals surface area contributed by atoms with Gasteiger partial charge in [0.1, 0.15) is 17.6 Å². The van der Waals surface area contributed by atoms with Crippen molar-refractivity contribution in [3.8, 4) is 0 Å². The van der Waals surface area contributed by atoms with E-state index in [0.29, 0.717) is 11.7 Å². The first-order chi connectivity index (χ1) is 9.40. The van der Waals surface area contributed by atoms with Gasteiger partial charge in [0, 0.05) is 18.7 Å². The summed E-state index contributed by atoms with van der Waals surface area (Å²) in [5.74, 6) is -0.191. The number of anilines is 1. The molecule has 20 heavy (non-hydrogen) atoms. The first kappa shape index (κ1) is 14.2. The predicted molar refractivity (Wildman–Crippen MR) is 73.1 cm³/mol. The van der Waals surface area contributed by atoms with Crippen LogP contribution in [0.15, 0.2) is 12.3 Å². The van der Waals surface area contributed by atoms with Crippen LogP contribution in [0.4, 0.5) is 11.5 Å². The third kappa shape index (κ3) is 2.71. The van der Waals surface area contributed by atoms with Gasteiger partial charge in [-0.25, -0.2) is 9.78 Å². The van der Waals surface area contributed by atoms with Crippen LogP contribution >= 0.6 is 0 Å². The van der Waals surface area contributed by atoms with Crippen molar-refractivity contribution in [1.29, 1.82) is 0 Å². The van der Waals surface area contributed by atoms with Gasteiger partial charge in [0.05, 0.1) is 4.92 Å². The van der Waals surface area contributed by atoms with Crippen LogP contribution in [0.3, 0.4) is 0 Å². The van der Waals surface area contributed by atoms with Crippen molar-refractivity contribution in [2.75, 3.05) is 11.4 Å². The Morgan fingerprint density at radius 3 is 2.80 bits per heavy atom. The minimum atomic E-state index is -1.31. The Balaban J connectivity index is 2.36. The number of nitro groups is 1. The van der Waals surface area contributed by atoms with Gasteiger partial charge in [0.2, 0.25) is 0 Å². The van der Waals surface area contributed by atoms with Crippen LogP contribution in [-0.4, -0.2) is 33.6 Å². The number of hydrogen-bond donors (Lipinski definition) is 1. The highest BCUT2D eigenvalue weighted by atomic mass is 16.6. The SMILES string of the molecule is CC1CCN(c2cc(C(=O)O)c([N+](=O)[O-])cn2)C(C)C1. The van der Waals surface area contributed by atoms with E-state index in [1.165, 1.54) is 6.07 Å². The van der Waals surface area contributed by atoms with Crippen LogP contribution < -0.4 is 4.90 Å². The number of piperidine rings is 1. The van der Waals surface area contributed by atoms with Crippen LogP contribution in [0.5, 0.6) is 0 Å². The lowest BCUT2D eigenvalue weighted by molar-refractivity contribution is -0.385. The van der Waals surface area contributed by atoms with E-state index < -0.39 is 16.6 Å². The summed E-state index contributed by atoms with van der Waals surface area (Å²) in [4.78, 5) is 27.3. The van der Waals surface area contributed by atoms with Gasteiger partial charge in [-0.1, -0.05) is 6.92 Å². The van der Waals surface area contributed by atoms with Crippen LogP contribution in [0.1, 0.15) is 37.0 Å². The molecule has 1 aliphatic heterocycles. The van der Waals surface area contributed by atoms with Crippen LogP contribution in [-0.2, 0) is 0 Å². The second-order valence-electron chi connectivity index (χ2n) is 5.29. The first-order valence-corrected chi connectivity index (χ1v) is 6.54. The van der Waals surface area contributed by atoms with E-state index >= 15 is 0 Å². The standard InChI is InChI=1S/C13H17N3O4/c1-8-3-4-15(9(2)5-8)12-6-10(13(17)18)11(7-14-12)16(19)20/h6-9H,3-5H2,1-2H3,(H,17,18). The molecule has 0 bridgehead atoms. The summed E-state index contributed by atoms with van der Waals surface area (Å²) in [6.07, 6.45) is 3.04. The molecule has 7 nitrogen and oxygen atoms in total. The van der Waals surface area contributed by atoms with Gasteiger partial charge in [-0.2, -0.15) is 0 Å². The summed E-state index contributed by atoms with van der Waals surface area (Å²) in [7, 11) is 0. The highest BCUT2D eigenvalue weighted by Gasteiger charge is 2.27. The molecule has 2 rings (SSSR count). The molecular formula is C13H17N3O4. The molecule has 0 amide bonds. The second-order valence-corrected chi connectivity index (χ2v) is 5.29. The van der Waals surface area contributed by atoms with Gasteiger partial charge in [-0.3, -0.25) is 10.1 Å². The molecule has 1 N–H and O–H groups in total. The van der Waals surface area contributed by atoms with Crippen molar-refractivity contribution < 1.29 is 14.8 Å². The molecule has 0 radical (unpaired) electrons. The third-order valence-electron chi connectivity index (χ3n) is 3.73. The number of hydrogen-bond acceptors (Lipinski definition) is 5. The second kappa shape index (κ2) is 5.44. The molecule has 0 aliphatic carbocycles. The average Bonchev–Trinajstić information content (AvgIpc) is 2.37. The Kier molecular flexibility index (Phi) is 3.87. The van der Waals surface area contributed by atoms with Crippen molar-refractivity contribution in [2.45, 2.75) is 32.7 Å². The Morgan fingerprint density at radius 1 is 1.55 bits per heavy atom. The Hall–Kier alpha value is -2.18. The highest BCUT2D eigenvalue weighted by Crippen LogP contribution is 2.29. The molecule has 2 unspecified atom stereocenters. The number of nitrogens with zero attached hydrogens (tertiary/aromatic N) is 3. The average molecular weight is 279 g/mol. The topological polar surface area (TPSA) is 96.6 Å². The summed E-state index contributed by atoms with van der Waals surface area (Å²) < 4.78 is 0. The Bertz CT molecular complexity index is 546. The zero-order chi connectivity index (χ0) is 14.9. The van der Waals surface area contributed by atoms with Crippen LogP contribution in [0.2, 0.25) is 0 Å². The smallest absolute Gasteiger partial charge is 0.342 e. The van der Waals surface area contributed by atoms with Crippen molar-refractivity contribution in [3.63, 3.8) is 0 Å². The fourth-order valence-corrected chi connectivity index (χ4v) is 2.66. The van der Waals surface area contributed by atoms with Gasteiger partial charge >= 0.3 is 11.7 Å². The van der Waals surface area contributed by atoms with E-state index in [1.807, 2.05) is 4.90 Å². The molecule has 1 aromatic heterocycles. The molecule has 1 aromatic rings. The molecular weight excluding hydrogens is 262 g/mol. The number of pyridine rings is 1. The number of carbonyl (C=O) groups is 1. The predicted octanol–water partition coefficient (Wildman–Crippen LogP) is 2.31. The van der Waals surface area contributed by atoms with Crippen molar-refractivity contribution in [3.05, 3.63) is 27.9 Å². The number of carboxylic acid groups (broad SMARTS) is 1. The molecule has 108 valence electrons. The lowest BCUT2D eigenvalue weighted by Gasteiger charge is -2.37. The zero-order valence-corrected chi connectivity index (χ0v) is 11.4. The third-order valence-corrected chi connectivity index (χ3v) is 3.73. The summed E-state index contributed by atoms with van der Waals surface area (Å²) >= 11 is 0. The Morgan fingerprint density at radius 2 is 2.25 bits per heavy atom. The molecule has 0 saturated carbocycles. The van der Waals surface area contributed by atoms with Gasteiger partial charge in [-0.15, -0.1) is 0 Å². The fourth-order valence-electron chi connectivity index (χ4n) is 2.66. The van der Waals surface area contributed by atoms with E-state index in [-0.39, 0.29) is 11.6 Å². The summed E-state index contributed by atoms with van der Waals surface area (Å²) in [6.45, 7) is 5.02. The maximum absolute atomic E-state index is 11.1. The van der Waals surface area contributed by atoms with Gasteiger partial charge < -0.3 is 10.0 Å². The fraction of sp³-hybridized carbons (Fsp3) is 0.538. The molecule has 1 saturated heterocycles. The normalized spacial score (nSPS) is 22.6. The van der Waals surface area contributed by atoms with Crippen molar-refractivity contribution in [1.82, 2.24) is 4.98 Å². The van der Waals surface area contributed by atoms with Crippen molar-refractivity contribution >= 4 is 17.5 Å². The highest BCUT2D eigenvalue weighted by molar-refractivity contribution is 5.93. The van der Waals surface area contributed by atoms with Crippen LogP contribution in [0, 0.1) is 16.0 Å². The first-order valence-electron chi connectivity index (χ1n) is 6.54. The maximum Gasteiger partial charge on any atom is 0.342 e. The number of rotatable bonds is 3. The maximum atomic E-state index is 11.1. The molecule has 0 spiro atoms. The van der Waals surface area contributed by atoms with E-state index in [0.717, 1.165) is 25.6 Å². The van der Waals surface area contributed by atoms with E-state index in [2.05, 4.69) is 18.8 Å². The van der Waals surface area contributed by atoms with Crippen molar-refractivity contribution in [2.24, 2.45) is 5.92 Å². The molecule has 1 fully saturated rings. The molecule has 0 aromatic carbocycles. The number of aromatic carboxylic acids is 1. The zero-order valence-electron chi connectivity index (χ0n) is 11.4. The molecule has 2 atom stereocenters. The number of aromatic nitrogens is 1. The molecule has 2 heterocycles. The molecule has 1 aliphatic rings.